The first-order valence-corrected chi connectivity index (χ1v) is 7.76. The summed E-state index contributed by atoms with van der Waals surface area (Å²) < 4.78 is 5.60. The predicted octanol–water partition coefficient (Wildman–Crippen LogP) is 1.32. The van der Waals surface area contributed by atoms with Crippen molar-refractivity contribution in [2.75, 3.05) is 19.7 Å². The SMILES string of the molecule is CC(C)CC1C(=O)NCC(=O)N1CCCC1CCCO1. The van der Waals surface area contributed by atoms with Crippen LogP contribution in [0.4, 0.5) is 0 Å². The number of hydrogen-bond acceptors (Lipinski definition) is 3. The van der Waals surface area contributed by atoms with Gasteiger partial charge in [-0.25, -0.2) is 0 Å². The molecule has 2 aliphatic rings. The van der Waals surface area contributed by atoms with Crippen LogP contribution in [0, 0.1) is 5.92 Å². The minimum Gasteiger partial charge on any atom is -0.378 e. The number of nitrogens with one attached hydrogen (secondary N) is 1. The quantitative estimate of drug-likeness (QED) is 0.799. The van der Waals surface area contributed by atoms with E-state index in [4.69, 9.17) is 4.74 Å². The highest BCUT2D eigenvalue weighted by Gasteiger charge is 2.34. The fraction of sp³-hybridized carbons (Fsp3) is 0.867. The van der Waals surface area contributed by atoms with Crippen LogP contribution in [0.3, 0.4) is 0 Å². The number of carbonyl (C=O) groups is 2. The Balaban J connectivity index is 1.86. The number of rotatable bonds is 6. The first-order valence-electron chi connectivity index (χ1n) is 7.76. The van der Waals surface area contributed by atoms with E-state index in [1.807, 2.05) is 0 Å². The molecular weight excluding hydrogens is 256 g/mol. The van der Waals surface area contributed by atoms with Crippen molar-refractivity contribution in [3.63, 3.8) is 0 Å². The van der Waals surface area contributed by atoms with Gasteiger partial charge in [0.05, 0.1) is 12.6 Å². The first-order chi connectivity index (χ1) is 9.58. The van der Waals surface area contributed by atoms with Gasteiger partial charge in [0.25, 0.3) is 0 Å². The highest BCUT2D eigenvalue weighted by atomic mass is 16.5. The zero-order valence-corrected chi connectivity index (χ0v) is 12.6. The largest absolute Gasteiger partial charge is 0.378 e. The molecule has 2 amide bonds. The van der Waals surface area contributed by atoms with Gasteiger partial charge >= 0.3 is 0 Å². The average molecular weight is 282 g/mol. The van der Waals surface area contributed by atoms with Crippen molar-refractivity contribution in [3.8, 4) is 0 Å². The van der Waals surface area contributed by atoms with Gasteiger partial charge in [-0.1, -0.05) is 13.8 Å². The highest BCUT2D eigenvalue weighted by Crippen LogP contribution is 2.19. The van der Waals surface area contributed by atoms with E-state index in [9.17, 15) is 9.59 Å². The van der Waals surface area contributed by atoms with Crippen LogP contribution in [0.5, 0.6) is 0 Å². The Morgan fingerprint density at radius 2 is 2.20 bits per heavy atom. The summed E-state index contributed by atoms with van der Waals surface area (Å²) in [6, 6.07) is -0.291. The van der Waals surface area contributed by atoms with Crippen LogP contribution >= 0.6 is 0 Å². The number of piperazine rings is 1. The van der Waals surface area contributed by atoms with Crippen molar-refractivity contribution >= 4 is 11.8 Å². The van der Waals surface area contributed by atoms with Gasteiger partial charge in [-0.3, -0.25) is 9.59 Å². The molecule has 5 nitrogen and oxygen atoms in total. The topological polar surface area (TPSA) is 58.6 Å². The smallest absolute Gasteiger partial charge is 0.243 e. The molecule has 2 atom stereocenters. The molecule has 0 aromatic rings. The van der Waals surface area contributed by atoms with Crippen LogP contribution in [0.15, 0.2) is 0 Å². The van der Waals surface area contributed by atoms with Gasteiger partial charge in [0.15, 0.2) is 0 Å². The average Bonchev–Trinajstić information content (AvgIpc) is 2.90. The van der Waals surface area contributed by atoms with Gasteiger partial charge in [0, 0.05) is 13.2 Å². The van der Waals surface area contributed by atoms with Crippen LogP contribution in [-0.4, -0.2) is 48.6 Å². The summed E-state index contributed by atoms with van der Waals surface area (Å²) in [6.07, 6.45) is 5.26. The number of ether oxygens (including phenoxy) is 1. The normalized spacial score (nSPS) is 27.2. The molecule has 1 N–H and O–H groups in total. The Hall–Kier alpha value is -1.10. The van der Waals surface area contributed by atoms with E-state index in [0.29, 0.717) is 18.6 Å². The lowest BCUT2D eigenvalue weighted by Gasteiger charge is -2.36. The van der Waals surface area contributed by atoms with Crippen molar-refractivity contribution in [3.05, 3.63) is 0 Å². The summed E-state index contributed by atoms with van der Waals surface area (Å²) in [5, 5.41) is 2.69. The Kier molecular flexibility index (Phi) is 5.40. The van der Waals surface area contributed by atoms with E-state index < -0.39 is 0 Å². The van der Waals surface area contributed by atoms with Crippen LogP contribution in [0.25, 0.3) is 0 Å². The minimum absolute atomic E-state index is 0.00424. The van der Waals surface area contributed by atoms with Crippen molar-refractivity contribution < 1.29 is 14.3 Å². The maximum absolute atomic E-state index is 12.0. The molecule has 20 heavy (non-hydrogen) atoms. The van der Waals surface area contributed by atoms with E-state index in [-0.39, 0.29) is 24.4 Å². The van der Waals surface area contributed by atoms with E-state index in [2.05, 4.69) is 19.2 Å². The maximum Gasteiger partial charge on any atom is 0.243 e. The summed E-state index contributed by atoms with van der Waals surface area (Å²) in [7, 11) is 0. The third-order valence-electron chi connectivity index (χ3n) is 4.06. The van der Waals surface area contributed by atoms with Crippen molar-refractivity contribution in [2.45, 2.75) is 58.1 Å². The molecule has 2 rings (SSSR count). The molecule has 0 aliphatic carbocycles. The van der Waals surface area contributed by atoms with E-state index in [1.165, 1.54) is 0 Å². The fourth-order valence-electron chi connectivity index (χ4n) is 3.02. The Morgan fingerprint density at radius 1 is 1.40 bits per heavy atom. The molecule has 0 bridgehead atoms. The lowest BCUT2D eigenvalue weighted by atomic mass is 9.99. The van der Waals surface area contributed by atoms with Crippen LogP contribution in [-0.2, 0) is 14.3 Å². The van der Waals surface area contributed by atoms with Gasteiger partial charge in [-0.05, 0) is 38.0 Å². The standard InChI is InChI=1S/C15H26N2O3/c1-11(2)9-13-15(19)16-10-14(18)17(13)7-3-5-12-6-4-8-20-12/h11-13H,3-10H2,1-2H3,(H,16,19). The van der Waals surface area contributed by atoms with Gasteiger partial charge in [0.2, 0.25) is 11.8 Å². The predicted molar refractivity (Wildman–Crippen MR) is 76.2 cm³/mol. The van der Waals surface area contributed by atoms with Crippen LogP contribution in [0.1, 0.15) is 46.0 Å². The van der Waals surface area contributed by atoms with Crippen molar-refractivity contribution in [2.24, 2.45) is 5.92 Å². The summed E-state index contributed by atoms with van der Waals surface area (Å²) in [6.45, 7) is 5.84. The molecule has 2 unspecified atom stereocenters. The lowest BCUT2D eigenvalue weighted by Crippen LogP contribution is -2.58. The van der Waals surface area contributed by atoms with Gasteiger partial charge < -0.3 is 15.0 Å². The molecule has 0 aromatic heterocycles. The second kappa shape index (κ2) is 7.07. The molecule has 2 heterocycles. The molecule has 2 aliphatic heterocycles. The Bertz CT molecular complexity index is 351. The Labute approximate surface area is 121 Å². The summed E-state index contributed by atoms with van der Waals surface area (Å²) >= 11 is 0. The number of amides is 2. The van der Waals surface area contributed by atoms with E-state index in [0.717, 1.165) is 38.7 Å². The molecular formula is C15H26N2O3. The van der Waals surface area contributed by atoms with E-state index in [1.54, 1.807) is 4.90 Å². The molecule has 2 saturated heterocycles. The van der Waals surface area contributed by atoms with Gasteiger partial charge in [0.1, 0.15) is 6.04 Å². The monoisotopic (exact) mass is 282 g/mol. The van der Waals surface area contributed by atoms with Crippen molar-refractivity contribution in [1.82, 2.24) is 10.2 Å². The molecule has 114 valence electrons. The molecule has 0 saturated carbocycles. The molecule has 2 fully saturated rings. The number of carbonyl (C=O) groups excluding carboxylic acids is 2. The number of nitrogens with zero attached hydrogens (tertiary/aromatic N) is 1. The summed E-state index contributed by atoms with van der Waals surface area (Å²) in [5.74, 6) is 0.440. The molecule has 0 radical (unpaired) electrons. The van der Waals surface area contributed by atoms with Crippen LogP contribution in [0.2, 0.25) is 0 Å². The first kappa shape index (κ1) is 15.3. The fourth-order valence-corrected chi connectivity index (χ4v) is 3.02. The highest BCUT2D eigenvalue weighted by molar-refractivity contribution is 5.94. The van der Waals surface area contributed by atoms with Gasteiger partial charge in [-0.15, -0.1) is 0 Å². The summed E-state index contributed by atoms with van der Waals surface area (Å²) in [5.41, 5.74) is 0. The third kappa shape index (κ3) is 3.95. The number of hydrogen-bond donors (Lipinski definition) is 1. The zero-order chi connectivity index (χ0) is 14.5. The van der Waals surface area contributed by atoms with E-state index >= 15 is 0 Å². The molecule has 0 aromatic carbocycles. The van der Waals surface area contributed by atoms with Crippen LogP contribution < -0.4 is 5.32 Å². The maximum atomic E-state index is 12.0. The summed E-state index contributed by atoms with van der Waals surface area (Å²) in [4.78, 5) is 25.8. The molecule has 5 heteroatoms. The second-order valence-electron chi connectivity index (χ2n) is 6.23. The third-order valence-corrected chi connectivity index (χ3v) is 4.06. The lowest BCUT2D eigenvalue weighted by molar-refractivity contribution is -0.146. The zero-order valence-electron chi connectivity index (χ0n) is 12.6. The van der Waals surface area contributed by atoms with Gasteiger partial charge in [-0.2, -0.15) is 0 Å². The molecule has 0 spiro atoms. The Morgan fingerprint density at radius 3 is 2.85 bits per heavy atom. The second-order valence-corrected chi connectivity index (χ2v) is 6.23. The minimum atomic E-state index is -0.291. The van der Waals surface area contributed by atoms with Crippen molar-refractivity contribution in [1.29, 1.82) is 0 Å².